The zero-order chi connectivity index (χ0) is 12.1. The lowest BCUT2D eigenvalue weighted by atomic mass is 10.8. The van der Waals surface area contributed by atoms with Crippen molar-refractivity contribution in [1.82, 2.24) is 0 Å². The molecule has 0 aliphatic carbocycles. The fourth-order valence-corrected chi connectivity index (χ4v) is 10.2. The third-order valence-corrected chi connectivity index (χ3v) is 12.5. The van der Waals surface area contributed by atoms with Crippen molar-refractivity contribution in [2.75, 3.05) is 11.1 Å². The van der Waals surface area contributed by atoms with E-state index in [-0.39, 0.29) is 5.38 Å². The molecule has 0 aromatic carbocycles. The van der Waals surface area contributed by atoms with E-state index in [2.05, 4.69) is 0 Å². The number of hydrogen-bond donors (Lipinski definition) is 1. The molecule has 0 spiro atoms. The van der Waals surface area contributed by atoms with Crippen LogP contribution in [-0.4, -0.2) is 38.7 Å². The summed E-state index contributed by atoms with van der Waals surface area (Å²) in [5.41, 5.74) is 0. The summed E-state index contributed by atoms with van der Waals surface area (Å²) in [7, 11) is -5.18. The molecule has 0 atom stereocenters. The van der Waals surface area contributed by atoms with E-state index in [4.69, 9.17) is 5.11 Å². The lowest BCUT2D eigenvalue weighted by Gasteiger charge is -2.27. The molecule has 90 valence electrons. The predicted octanol–water partition coefficient (Wildman–Crippen LogP) is 1.53. The molecule has 0 rings (SSSR count). The average Bonchev–Trinajstić information content (AvgIpc) is 2.12. The van der Waals surface area contributed by atoms with Gasteiger partial charge in [0.25, 0.3) is 0 Å². The van der Waals surface area contributed by atoms with Crippen LogP contribution < -0.4 is 0 Å². The Morgan fingerprint density at radius 3 is 1.80 bits per heavy atom. The third kappa shape index (κ3) is 4.79. The van der Waals surface area contributed by atoms with Crippen molar-refractivity contribution in [3.63, 3.8) is 0 Å². The Balaban J connectivity index is 4.74. The second-order valence-corrected chi connectivity index (χ2v) is 12.0. The number of hydrogen-bond acceptors (Lipinski definition) is 3. The number of aliphatic carboxylic acids is 1. The minimum atomic E-state index is -3.41. The Morgan fingerprint density at radius 1 is 1.13 bits per heavy atom. The Labute approximate surface area is 92.6 Å². The van der Waals surface area contributed by atoms with Gasteiger partial charge in [-0.05, 0) is 0 Å². The van der Waals surface area contributed by atoms with Crippen LogP contribution in [0.1, 0.15) is 20.8 Å². The van der Waals surface area contributed by atoms with Crippen LogP contribution in [0.4, 0.5) is 0 Å². The molecule has 15 heavy (non-hydrogen) atoms. The topological polar surface area (TPSA) is 71.4 Å². The molecule has 0 aromatic rings. The first-order valence-corrected chi connectivity index (χ1v) is 9.88. The van der Waals surface area contributed by atoms with Crippen LogP contribution in [-0.2, 0) is 14.6 Å². The first-order valence-electron chi connectivity index (χ1n) is 5.23. The highest BCUT2D eigenvalue weighted by Gasteiger charge is 2.33. The third-order valence-electron chi connectivity index (χ3n) is 3.12. The molecule has 0 saturated heterocycles. The summed E-state index contributed by atoms with van der Waals surface area (Å²) in [5.74, 6) is -1.97. The van der Waals surface area contributed by atoms with Gasteiger partial charge in [-0.3, -0.25) is 4.79 Å². The normalized spacial score (nSPS) is 12.7. The van der Waals surface area contributed by atoms with Gasteiger partial charge >= 0.3 is 5.97 Å². The summed E-state index contributed by atoms with van der Waals surface area (Å²) in [4.78, 5) is 10.4. The average molecular weight is 252 g/mol. The molecular formula is C9H20O4SSi. The van der Waals surface area contributed by atoms with E-state index < -0.39 is 29.6 Å². The summed E-state index contributed by atoms with van der Waals surface area (Å²) in [6.45, 7) is 6.03. The molecule has 0 amide bonds. The highest BCUT2D eigenvalue weighted by Crippen LogP contribution is 2.22. The lowest BCUT2D eigenvalue weighted by molar-refractivity contribution is -0.134. The minimum absolute atomic E-state index is 0.121. The molecular weight excluding hydrogens is 232 g/mol. The molecule has 0 aliphatic heterocycles. The lowest BCUT2D eigenvalue weighted by Crippen LogP contribution is -2.42. The van der Waals surface area contributed by atoms with Gasteiger partial charge < -0.3 is 5.11 Å². The zero-order valence-corrected chi connectivity index (χ0v) is 11.4. The van der Waals surface area contributed by atoms with Crippen molar-refractivity contribution < 1.29 is 18.3 Å². The van der Waals surface area contributed by atoms with E-state index in [1.807, 2.05) is 20.8 Å². The standard InChI is InChI=1S/C9H20O4SSi/c1-4-15(5-2,6-3)8-14(12,13)7-9(10)11/h4-8H2,1-3H3,(H,10,11). The maximum Gasteiger partial charge on any atom is 0.318 e. The zero-order valence-electron chi connectivity index (χ0n) is 9.62. The number of carboxylic acid groups (broad SMARTS) is 1. The molecule has 0 saturated carbocycles. The van der Waals surface area contributed by atoms with Crippen LogP contribution in [0.2, 0.25) is 18.1 Å². The minimum Gasteiger partial charge on any atom is -0.480 e. The van der Waals surface area contributed by atoms with Gasteiger partial charge in [0, 0.05) is 5.38 Å². The van der Waals surface area contributed by atoms with Crippen LogP contribution in [0.15, 0.2) is 0 Å². The molecule has 0 unspecified atom stereocenters. The summed E-state index contributed by atoms with van der Waals surface area (Å²) in [6.07, 6.45) is 0. The Kier molecular flexibility index (Phi) is 5.51. The quantitative estimate of drug-likeness (QED) is 0.698. The van der Waals surface area contributed by atoms with Gasteiger partial charge in [-0.15, -0.1) is 0 Å². The van der Waals surface area contributed by atoms with E-state index in [1.54, 1.807) is 0 Å². The number of rotatable bonds is 7. The smallest absolute Gasteiger partial charge is 0.318 e. The molecule has 6 heteroatoms. The molecule has 0 heterocycles. The van der Waals surface area contributed by atoms with Gasteiger partial charge in [0.1, 0.15) is 5.75 Å². The Hall–Kier alpha value is -0.363. The first kappa shape index (κ1) is 14.6. The number of carbonyl (C=O) groups is 1. The molecule has 0 bridgehead atoms. The SMILES string of the molecule is CC[Si](CC)(CC)CS(=O)(=O)CC(=O)O. The highest BCUT2D eigenvalue weighted by molar-refractivity contribution is 7.93. The van der Waals surface area contributed by atoms with Crippen LogP contribution >= 0.6 is 0 Å². The maximum atomic E-state index is 11.6. The van der Waals surface area contributed by atoms with Crippen molar-refractivity contribution in [1.29, 1.82) is 0 Å². The van der Waals surface area contributed by atoms with Crippen LogP contribution in [0, 0.1) is 0 Å². The van der Waals surface area contributed by atoms with Gasteiger partial charge in [-0.1, -0.05) is 38.9 Å². The van der Waals surface area contributed by atoms with Crippen molar-refractivity contribution in [2.24, 2.45) is 0 Å². The van der Waals surface area contributed by atoms with Crippen LogP contribution in [0.5, 0.6) is 0 Å². The largest absolute Gasteiger partial charge is 0.480 e. The summed E-state index contributed by atoms with van der Waals surface area (Å²) in [5, 5.41) is 8.62. The first-order chi connectivity index (χ1) is 6.81. The monoisotopic (exact) mass is 252 g/mol. The maximum absolute atomic E-state index is 11.6. The van der Waals surface area contributed by atoms with Gasteiger partial charge in [-0.25, -0.2) is 8.42 Å². The second kappa shape index (κ2) is 5.65. The molecule has 0 radical (unpaired) electrons. The summed E-state index contributed by atoms with van der Waals surface area (Å²) in [6, 6.07) is 2.70. The molecule has 0 aromatic heterocycles. The van der Waals surface area contributed by atoms with E-state index in [0.717, 1.165) is 18.1 Å². The fraction of sp³-hybridized carbons (Fsp3) is 0.889. The van der Waals surface area contributed by atoms with E-state index >= 15 is 0 Å². The van der Waals surface area contributed by atoms with Crippen LogP contribution in [0.25, 0.3) is 0 Å². The number of carboxylic acids is 1. The van der Waals surface area contributed by atoms with E-state index in [0.29, 0.717) is 0 Å². The highest BCUT2D eigenvalue weighted by atomic mass is 32.2. The van der Waals surface area contributed by atoms with Crippen molar-refractivity contribution in [2.45, 2.75) is 38.9 Å². The summed E-state index contributed by atoms with van der Waals surface area (Å²) >= 11 is 0. The van der Waals surface area contributed by atoms with Crippen molar-refractivity contribution in [3.8, 4) is 0 Å². The number of sulfone groups is 1. The Morgan fingerprint density at radius 2 is 1.53 bits per heavy atom. The molecule has 0 aliphatic rings. The van der Waals surface area contributed by atoms with Crippen molar-refractivity contribution in [3.05, 3.63) is 0 Å². The van der Waals surface area contributed by atoms with Gasteiger partial charge in [0.15, 0.2) is 9.84 Å². The molecule has 0 fully saturated rings. The molecule has 1 N–H and O–H groups in total. The molecule has 4 nitrogen and oxygen atoms in total. The van der Waals surface area contributed by atoms with Crippen LogP contribution in [0.3, 0.4) is 0 Å². The van der Waals surface area contributed by atoms with Gasteiger partial charge in [0.2, 0.25) is 0 Å². The predicted molar refractivity (Wildman–Crippen MR) is 63.5 cm³/mol. The van der Waals surface area contributed by atoms with Gasteiger partial charge in [0.05, 0.1) is 8.07 Å². The Bertz CT molecular complexity index is 298. The van der Waals surface area contributed by atoms with E-state index in [1.165, 1.54) is 0 Å². The fourth-order valence-electron chi connectivity index (χ4n) is 1.76. The van der Waals surface area contributed by atoms with Gasteiger partial charge in [-0.2, -0.15) is 0 Å². The van der Waals surface area contributed by atoms with E-state index in [9.17, 15) is 13.2 Å². The van der Waals surface area contributed by atoms with Crippen molar-refractivity contribution >= 4 is 23.9 Å². The summed E-state index contributed by atoms with van der Waals surface area (Å²) < 4.78 is 23.2. The second-order valence-electron chi connectivity index (χ2n) is 3.99.